The van der Waals surface area contributed by atoms with Crippen molar-refractivity contribution in [3.05, 3.63) is 326 Å². The molecule has 0 radical (unpaired) electrons. The lowest BCUT2D eigenvalue weighted by atomic mass is 9.97. The summed E-state index contributed by atoms with van der Waals surface area (Å²) in [6.45, 7) is 0. The van der Waals surface area contributed by atoms with E-state index in [-0.39, 0.29) is 0 Å². The molecule has 0 saturated carbocycles. The number of halogens is 1. The average molecular weight is 1070 g/mol. The Morgan fingerprint density at radius 3 is 0.671 bits per heavy atom. The average Bonchev–Trinajstić information content (AvgIpc) is 3.55. The Morgan fingerprint density at radius 1 is 0.177 bits per heavy atom. The Kier molecular flexibility index (Phi) is 13.6. The van der Waals surface area contributed by atoms with Gasteiger partial charge in [-0.2, -0.15) is 0 Å². The fraction of sp³-hybridized carbons (Fsp3) is 0. The molecule has 0 heterocycles. The smallest absolute Gasteiger partial charge is 0.0462 e. The number of fused-ring (bicyclic) bond motifs is 4. The van der Waals surface area contributed by atoms with Gasteiger partial charge in [0.1, 0.15) is 0 Å². The molecule has 374 valence electrons. The number of hydrogen-bond donors (Lipinski definition) is 0. The van der Waals surface area contributed by atoms with Gasteiger partial charge in [0.25, 0.3) is 0 Å². The van der Waals surface area contributed by atoms with Gasteiger partial charge in [-0.25, -0.2) is 0 Å². The molecule has 0 unspecified atom stereocenters. The summed E-state index contributed by atoms with van der Waals surface area (Å²) in [7, 11) is 0. The largest absolute Gasteiger partial charge is 0.311 e. The van der Waals surface area contributed by atoms with E-state index in [9.17, 15) is 0 Å². The second-order valence-electron chi connectivity index (χ2n) is 19.8. The Labute approximate surface area is 470 Å². The zero-order valence-corrected chi connectivity index (χ0v) is 45.0. The highest BCUT2D eigenvalue weighted by atomic mass is 79.9. The molecule has 0 aliphatic rings. The number of benzene rings is 14. The highest BCUT2D eigenvalue weighted by molar-refractivity contribution is 9.10. The minimum absolute atomic E-state index is 1.06. The highest BCUT2D eigenvalue weighted by Gasteiger charge is 2.17. The van der Waals surface area contributed by atoms with Crippen LogP contribution in [0.1, 0.15) is 0 Å². The van der Waals surface area contributed by atoms with Crippen molar-refractivity contribution in [1.29, 1.82) is 0 Å². The molecule has 79 heavy (non-hydrogen) atoms. The van der Waals surface area contributed by atoms with Gasteiger partial charge in [0, 0.05) is 38.6 Å². The number of anilines is 6. The van der Waals surface area contributed by atoms with E-state index in [0.29, 0.717) is 0 Å². The van der Waals surface area contributed by atoms with E-state index in [4.69, 9.17) is 0 Å². The van der Waals surface area contributed by atoms with Gasteiger partial charge in [0.15, 0.2) is 0 Å². The molecule has 0 amide bonds. The van der Waals surface area contributed by atoms with Crippen LogP contribution >= 0.6 is 15.9 Å². The molecular formula is C76H53BrN2. The van der Waals surface area contributed by atoms with Crippen molar-refractivity contribution >= 4 is 93.1 Å². The molecule has 0 N–H and O–H groups in total. The summed E-state index contributed by atoms with van der Waals surface area (Å²) >= 11 is 3.60. The topological polar surface area (TPSA) is 6.48 Å². The molecule has 14 rings (SSSR count). The third kappa shape index (κ3) is 10.1. The molecule has 3 heteroatoms. The lowest BCUT2D eigenvalue weighted by Gasteiger charge is -2.26. The molecule has 14 aromatic rings. The van der Waals surface area contributed by atoms with Crippen LogP contribution in [0.3, 0.4) is 0 Å². The third-order valence-electron chi connectivity index (χ3n) is 15.0. The van der Waals surface area contributed by atoms with Crippen molar-refractivity contribution in [2.75, 3.05) is 9.80 Å². The Morgan fingerprint density at radius 2 is 0.392 bits per heavy atom. The van der Waals surface area contributed by atoms with Crippen LogP contribution < -0.4 is 9.80 Å². The van der Waals surface area contributed by atoms with Gasteiger partial charge in [-0.05, 0) is 173 Å². The Balaban J connectivity index is 0.000000150. The Bertz CT molecular complexity index is 4130. The summed E-state index contributed by atoms with van der Waals surface area (Å²) in [5.41, 5.74) is 16.6. The normalized spacial score (nSPS) is 11.1. The van der Waals surface area contributed by atoms with Gasteiger partial charge in [0.05, 0.1) is 0 Å². The SMILES string of the molecule is Brc1ccc(N(c2ccc(-c3cccc4ccccc34)cc2)c2ccc(-c3cccc4ccccc34)cc2)cc1.c1ccc(N(c2ccc(-c3cccc4ccccc34)cc2)c2ccc(-c3cccc4ccccc34)cc2)cc1. The van der Waals surface area contributed by atoms with E-state index < -0.39 is 0 Å². The first-order chi connectivity index (χ1) is 39.1. The number of para-hydroxylation sites is 1. The van der Waals surface area contributed by atoms with Gasteiger partial charge in [-0.3, -0.25) is 0 Å². The summed E-state index contributed by atoms with van der Waals surface area (Å²) in [5.74, 6) is 0. The predicted molar refractivity (Wildman–Crippen MR) is 342 cm³/mol. The lowest BCUT2D eigenvalue weighted by molar-refractivity contribution is 1.28. The summed E-state index contributed by atoms with van der Waals surface area (Å²) < 4.78 is 1.06. The molecule has 0 bridgehead atoms. The molecule has 14 aromatic carbocycles. The highest BCUT2D eigenvalue weighted by Crippen LogP contribution is 2.41. The van der Waals surface area contributed by atoms with Gasteiger partial charge in [-0.15, -0.1) is 0 Å². The molecule has 0 spiro atoms. The zero-order chi connectivity index (χ0) is 52.9. The van der Waals surface area contributed by atoms with Crippen molar-refractivity contribution in [1.82, 2.24) is 0 Å². The van der Waals surface area contributed by atoms with E-state index in [1.54, 1.807) is 0 Å². The quantitative estimate of drug-likeness (QED) is 0.135. The van der Waals surface area contributed by atoms with E-state index >= 15 is 0 Å². The minimum Gasteiger partial charge on any atom is -0.311 e. The molecule has 0 saturated heterocycles. The molecule has 0 fully saturated rings. The molecule has 0 atom stereocenters. The van der Waals surface area contributed by atoms with Crippen LogP contribution in [0, 0.1) is 0 Å². The van der Waals surface area contributed by atoms with Crippen molar-refractivity contribution in [2.24, 2.45) is 0 Å². The lowest BCUT2D eigenvalue weighted by Crippen LogP contribution is -2.09. The van der Waals surface area contributed by atoms with Crippen LogP contribution in [0.15, 0.2) is 326 Å². The second-order valence-corrected chi connectivity index (χ2v) is 20.7. The van der Waals surface area contributed by atoms with Gasteiger partial charge in [0.2, 0.25) is 0 Å². The van der Waals surface area contributed by atoms with Crippen LogP contribution in [0.5, 0.6) is 0 Å². The molecule has 0 aliphatic carbocycles. The third-order valence-corrected chi connectivity index (χ3v) is 15.5. The van der Waals surface area contributed by atoms with Crippen molar-refractivity contribution in [3.8, 4) is 44.5 Å². The zero-order valence-electron chi connectivity index (χ0n) is 43.4. The van der Waals surface area contributed by atoms with Gasteiger partial charge < -0.3 is 9.80 Å². The maximum absolute atomic E-state index is 3.60. The van der Waals surface area contributed by atoms with Crippen LogP contribution in [-0.4, -0.2) is 0 Å². The summed E-state index contributed by atoms with van der Waals surface area (Å²) in [6.07, 6.45) is 0. The van der Waals surface area contributed by atoms with Gasteiger partial charge >= 0.3 is 0 Å². The molecule has 2 nitrogen and oxygen atoms in total. The monoisotopic (exact) mass is 1070 g/mol. The van der Waals surface area contributed by atoms with Crippen molar-refractivity contribution in [2.45, 2.75) is 0 Å². The predicted octanol–water partition coefficient (Wildman–Crippen LogP) is 22.4. The van der Waals surface area contributed by atoms with E-state index in [1.165, 1.54) is 87.6 Å². The number of rotatable bonds is 10. The maximum Gasteiger partial charge on any atom is 0.0462 e. The first-order valence-corrected chi connectivity index (χ1v) is 27.6. The van der Waals surface area contributed by atoms with Crippen molar-refractivity contribution < 1.29 is 0 Å². The van der Waals surface area contributed by atoms with Crippen LogP contribution in [0.25, 0.3) is 87.6 Å². The summed E-state index contributed by atoms with van der Waals surface area (Å²) in [4.78, 5) is 4.63. The maximum atomic E-state index is 3.60. The molecular weight excluding hydrogens is 1020 g/mol. The fourth-order valence-electron chi connectivity index (χ4n) is 11.1. The first-order valence-electron chi connectivity index (χ1n) is 26.8. The second kappa shape index (κ2) is 22.0. The Hall–Kier alpha value is -9.80. The van der Waals surface area contributed by atoms with E-state index in [2.05, 4.69) is 347 Å². The van der Waals surface area contributed by atoms with E-state index in [0.717, 1.165) is 38.6 Å². The summed E-state index contributed by atoms with van der Waals surface area (Å²) in [6, 6.07) is 115. The fourth-order valence-corrected chi connectivity index (χ4v) is 11.4. The minimum atomic E-state index is 1.06. The molecule has 0 aromatic heterocycles. The van der Waals surface area contributed by atoms with Crippen LogP contribution in [-0.2, 0) is 0 Å². The van der Waals surface area contributed by atoms with Crippen LogP contribution in [0.2, 0.25) is 0 Å². The van der Waals surface area contributed by atoms with Gasteiger partial charge in [-0.1, -0.05) is 253 Å². The van der Waals surface area contributed by atoms with E-state index in [1.807, 2.05) is 0 Å². The van der Waals surface area contributed by atoms with Crippen molar-refractivity contribution in [3.63, 3.8) is 0 Å². The number of hydrogen-bond acceptors (Lipinski definition) is 2. The standard InChI is InChI=1S/C38H26BrN.C38H27N/c39-31-19-25-34(26-20-31)40(32-21-15-29(16-22-32)37-13-5-9-27-7-1-3-11-35(27)37)33-23-17-30(18-24-33)38-14-6-10-28-8-2-4-12-36(28)38;1-2-14-32(15-3-1)39(33-24-20-30(21-25-33)37-18-8-12-28-10-4-6-16-35(28)37)34-26-22-31(23-27-34)38-19-9-13-29-11-5-7-17-36(29)38/h1-26H;1-27H. The molecule has 0 aliphatic heterocycles. The summed E-state index contributed by atoms with van der Waals surface area (Å²) in [5, 5.41) is 10.1. The first kappa shape index (κ1) is 48.8. The van der Waals surface area contributed by atoms with Crippen LogP contribution in [0.4, 0.5) is 34.1 Å². The number of nitrogens with zero attached hydrogens (tertiary/aromatic N) is 2.